The van der Waals surface area contributed by atoms with Crippen LogP contribution in [-0.4, -0.2) is 51.5 Å². The van der Waals surface area contributed by atoms with Crippen molar-refractivity contribution in [3.05, 3.63) is 114 Å². The van der Waals surface area contributed by atoms with Crippen LogP contribution >= 0.6 is 121 Å². The van der Waals surface area contributed by atoms with E-state index in [-0.39, 0.29) is 40.2 Å². The Bertz CT molecular complexity index is 1850. The smallest absolute Gasteiger partial charge is 0.305 e. The van der Waals surface area contributed by atoms with Gasteiger partial charge in [-0.1, -0.05) is 220 Å². The second-order valence-corrected chi connectivity index (χ2v) is 30.9. The molecule has 3 unspecified atom stereocenters. The van der Waals surface area contributed by atoms with Gasteiger partial charge in [0, 0.05) is 38.3 Å². The van der Waals surface area contributed by atoms with Crippen molar-refractivity contribution in [2.24, 2.45) is 0 Å². The van der Waals surface area contributed by atoms with Crippen LogP contribution in [0.3, 0.4) is 0 Å². The maximum atomic E-state index is 14.1. The number of rotatable bonds is 20. The summed E-state index contributed by atoms with van der Waals surface area (Å²) in [5, 5.41) is 11.8. The van der Waals surface area contributed by atoms with Crippen LogP contribution in [0.4, 0.5) is 4.39 Å². The van der Waals surface area contributed by atoms with E-state index in [4.69, 9.17) is 13.9 Å². The molecule has 6 nitrogen and oxygen atoms in total. The lowest BCUT2D eigenvalue weighted by Gasteiger charge is -2.47. The van der Waals surface area contributed by atoms with Crippen molar-refractivity contribution < 1.29 is 27.8 Å². The highest BCUT2D eigenvalue weighted by molar-refractivity contribution is 14.2. The van der Waals surface area contributed by atoms with Gasteiger partial charge in [-0.05, 0) is 58.1 Å². The van der Waals surface area contributed by atoms with Gasteiger partial charge in [0.1, 0.15) is 5.82 Å². The van der Waals surface area contributed by atoms with Crippen LogP contribution < -0.4 is 10.4 Å². The van der Waals surface area contributed by atoms with Gasteiger partial charge in [0.25, 0.3) is 8.32 Å². The molecule has 14 heteroatoms. The molecule has 1 N–H and O–H groups in total. The molecule has 0 fully saturated rings. The number of aliphatic carboxylic acids is 1. The van der Waals surface area contributed by atoms with E-state index in [0.717, 1.165) is 42.9 Å². The van der Waals surface area contributed by atoms with Crippen LogP contribution in [-0.2, 0) is 30.1 Å². The minimum Gasteiger partial charge on any atom is -0.481 e. The van der Waals surface area contributed by atoms with Gasteiger partial charge in [0.15, 0.2) is 8.03 Å². The summed E-state index contributed by atoms with van der Waals surface area (Å²) in [6.07, 6.45) is 0.0678. The van der Waals surface area contributed by atoms with Gasteiger partial charge in [0.05, 0.1) is 23.0 Å². The lowest BCUT2D eigenvalue weighted by Crippen LogP contribution is -2.69. The average Bonchev–Trinajstić information content (AvgIpc) is 3.15. The Morgan fingerprint density at radius 1 is 0.909 bits per heavy atom. The minimum absolute atomic E-state index is 0.00826. The number of hydrogen-bond donors (Lipinski definition) is 1. The van der Waals surface area contributed by atoms with Crippen molar-refractivity contribution in [3.63, 3.8) is 0 Å². The first kappa shape index (κ1) is 47.9. The van der Waals surface area contributed by atoms with Gasteiger partial charge >= 0.3 is 5.97 Å². The summed E-state index contributed by atoms with van der Waals surface area (Å²) in [5.41, 5.74) is 4.83. The molecule has 0 saturated heterocycles. The first-order valence-electron chi connectivity index (χ1n) is 18.0. The molecular weight excluding hydrogens is 1300 g/mol. The summed E-state index contributed by atoms with van der Waals surface area (Å²) in [6.45, 7) is 11.2. The molecule has 0 radical (unpaired) electrons. The fraction of sp³-hybridized carbons (Fsp3) is 0.415. The van der Waals surface area contributed by atoms with Crippen LogP contribution in [0.25, 0.3) is 11.1 Å². The quantitative estimate of drug-likeness (QED) is 0.0312. The molecule has 0 aliphatic heterocycles. The average molecular weight is 1350 g/mol. The Labute approximate surface area is 395 Å². The van der Waals surface area contributed by atoms with Gasteiger partial charge < -0.3 is 14.1 Å². The lowest BCUT2D eigenvalue weighted by atomic mass is 9.85. The molecule has 3 aromatic carbocycles. The van der Waals surface area contributed by atoms with Gasteiger partial charge in [-0.25, -0.2) is 4.39 Å². The molecule has 0 aliphatic carbocycles. The topological polar surface area (TPSA) is 85.7 Å². The number of alkyl halides is 5. The third-order valence-electron chi connectivity index (χ3n) is 10.0. The van der Waals surface area contributed by atoms with E-state index >= 15 is 0 Å². The summed E-state index contributed by atoms with van der Waals surface area (Å²) >= 11 is 12.2. The number of carboxylic acids is 1. The van der Waals surface area contributed by atoms with Crippen LogP contribution in [0.2, 0.25) is 5.04 Å². The number of carboxylic acid groups (broad SMARTS) is 1. The molecule has 1 heterocycles. The number of pyridine rings is 1. The molecule has 0 spiro atoms. The van der Waals surface area contributed by atoms with E-state index in [0.29, 0.717) is 12.8 Å². The fourth-order valence-corrected chi connectivity index (χ4v) is 16.3. The standard InChI is InChI=1S/C41H48FI5NO5PSi/c1-27(25-43)37-33(34(28-18-20-29(42)21-19-28)24-35(48-37)40(2,3)38(44)45)17-12-22-52-54(51)26-30(23-36(49)50)53-55(41(4,5)39(46)47,31-13-8-6-9-14-31)32-15-10-7-11-16-32/h6-11,13-16,18-21,24,27,30,38-39,54H,12,17,22-23,25-26H2,1-5H3,(H,49,50). The van der Waals surface area contributed by atoms with Gasteiger partial charge in [-0.3, -0.25) is 14.3 Å². The molecule has 0 amide bonds. The molecule has 4 rings (SSSR count). The van der Waals surface area contributed by atoms with E-state index in [9.17, 15) is 18.9 Å². The second-order valence-electron chi connectivity index (χ2n) is 14.8. The summed E-state index contributed by atoms with van der Waals surface area (Å²) < 4.78 is 42.5. The van der Waals surface area contributed by atoms with Crippen LogP contribution in [0.5, 0.6) is 0 Å². The molecule has 1 aromatic heterocycles. The van der Waals surface area contributed by atoms with E-state index < -0.39 is 33.5 Å². The SMILES string of the molecule is CC(CI)c1nc(C(C)(C)C(I)I)cc(-c2ccc(F)cc2)c1CCCO[PH](=O)CC(CC(=O)O)O[Si](c1ccccc1)(c1ccccc1)C(C)(C)C(I)I. The summed E-state index contributed by atoms with van der Waals surface area (Å²) in [4.78, 5) is 17.6. The zero-order valence-electron chi connectivity index (χ0n) is 31.5. The maximum Gasteiger partial charge on any atom is 0.305 e. The number of carbonyl (C=O) groups is 1. The third kappa shape index (κ3) is 12.0. The van der Waals surface area contributed by atoms with Crippen molar-refractivity contribution >= 4 is 146 Å². The fourth-order valence-electron chi connectivity index (χ4n) is 6.64. The number of nitrogens with zero attached hydrogens (tertiary/aromatic N) is 1. The zero-order chi connectivity index (χ0) is 40.6. The van der Waals surface area contributed by atoms with Crippen LogP contribution in [0.15, 0.2) is 91.0 Å². The summed E-state index contributed by atoms with van der Waals surface area (Å²) in [7, 11) is -5.89. The van der Waals surface area contributed by atoms with Crippen molar-refractivity contribution in [2.45, 2.75) is 80.2 Å². The Morgan fingerprint density at radius 2 is 1.47 bits per heavy atom. The highest BCUT2D eigenvalue weighted by atomic mass is 127. The largest absolute Gasteiger partial charge is 0.481 e. The lowest BCUT2D eigenvalue weighted by molar-refractivity contribution is -0.138. The Balaban J connectivity index is 1.63. The summed E-state index contributed by atoms with van der Waals surface area (Å²) in [6, 6.07) is 29.0. The Morgan fingerprint density at radius 3 is 1.96 bits per heavy atom. The van der Waals surface area contributed by atoms with E-state index in [1.807, 2.05) is 48.5 Å². The molecule has 0 aliphatic rings. The predicted molar refractivity (Wildman–Crippen MR) is 271 cm³/mol. The number of benzene rings is 3. The Kier molecular flexibility index (Phi) is 18.9. The molecule has 0 saturated carbocycles. The molecule has 298 valence electrons. The third-order valence-corrected chi connectivity index (χ3v) is 25.1. The normalized spacial score (nSPS) is 14.3. The minimum atomic E-state index is -3.19. The van der Waals surface area contributed by atoms with Crippen molar-refractivity contribution in [2.75, 3.05) is 17.2 Å². The highest BCUT2D eigenvalue weighted by Gasteiger charge is 2.56. The van der Waals surface area contributed by atoms with Crippen molar-refractivity contribution in [1.82, 2.24) is 4.98 Å². The predicted octanol–water partition coefficient (Wildman–Crippen LogP) is 11.9. The molecule has 3 atom stereocenters. The number of hydrogen-bond acceptors (Lipinski definition) is 5. The maximum absolute atomic E-state index is 14.1. The monoisotopic (exact) mass is 1350 g/mol. The second kappa shape index (κ2) is 21.7. The van der Waals surface area contributed by atoms with Gasteiger partial charge in [-0.15, -0.1) is 0 Å². The molecule has 4 aromatic rings. The zero-order valence-corrected chi connectivity index (χ0v) is 44.3. The molecule has 0 bridgehead atoms. The number of aromatic nitrogens is 1. The number of halogens is 6. The van der Waals surface area contributed by atoms with E-state index in [1.54, 1.807) is 0 Å². The first-order valence-corrected chi connectivity index (χ1v) is 28.0. The van der Waals surface area contributed by atoms with Crippen molar-refractivity contribution in [1.29, 1.82) is 0 Å². The Hall–Kier alpha value is 0.227. The molecular formula is C41H48FI5NO5PSi. The van der Waals surface area contributed by atoms with Crippen LogP contribution in [0.1, 0.15) is 70.3 Å². The summed E-state index contributed by atoms with van der Waals surface area (Å²) in [5.74, 6) is -1.12. The van der Waals surface area contributed by atoms with E-state index in [1.165, 1.54) is 12.1 Å². The highest BCUT2D eigenvalue weighted by Crippen LogP contribution is 2.49. The van der Waals surface area contributed by atoms with Crippen molar-refractivity contribution in [3.8, 4) is 11.1 Å². The van der Waals surface area contributed by atoms with Crippen LogP contribution in [0, 0.1) is 5.82 Å². The first-order chi connectivity index (χ1) is 25.9. The van der Waals surface area contributed by atoms with Gasteiger partial charge in [0.2, 0.25) is 0 Å². The van der Waals surface area contributed by atoms with Gasteiger partial charge in [-0.2, -0.15) is 0 Å². The van der Waals surface area contributed by atoms with E-state index in [2.05, 4.69) is 178 Å². The molecule has 55 heavy (non-hydrogen) atoms.